The summed E-state index contributed by atoms with van der Waals surface area (Å²) in [5.74, 6) is -1.26. The number of carbonyl (C=O) groups excluding carboxylic acids is 1. The van der Waals surface area contributed by atoms with Gasteiger partial charge < -0.3 is 9.84 Å². The van der Waals surface area contributed by atoms with Gasteiger partial charge in [0, 0.05) is 36.1 Å². The van der Waals surface area contributed by atoms with Crippen LogP contribution in [0.25, 0.3) is 22.3 Å². The number of aromatic nitrogens is 3. The number of halogens is 2. The van der Waals surface area contributed by atoms with E-state index >= 15 is 4.39 Å². The number of aliphatic hydroxyl groups is 1. The third-order valence-corrected chi connectivity index (χ3v) is 7.20. The number of benzene rings is 3. The highest BCUT2D eigenvalue weighted by Crippen LogP contribution is 2.35. The van der Waals surface area contributed by atoms with Gasteiger partial charge in [-0.05, 0) is 83.8 Å². The Morgan fingerprint density at radius 2 is 1.72 bits per heavy atom. The Bertz CT molecular complexity index is 2050. The zero-order valence-corrected chi connectivity index (χ0v) is 23.0. The van der Waals surface area contributed by atoms with Crippen LogP contribution in [0.4, 0.5) is 8.78 Å². The Kier molecular flexibility index (Phi) is 7.40. The number of ether oxygens (including phenoxy) is 1. The predicted octanol–water partition coefficient (Wildman–Crippen LogP) is 6.45. The molecule has 0 aliphatic heterocycles. The van der Waals surface area contributed by atoms with Crippen LogP contribution in [-0.2, 0) is 13.0 Å². The molecule has 9 heteroatoms. The number of aliphatic hydroxyl groups excluding tert-OH is 1. The van der Waals surface area contributed by atoms with Crippen LogP contribution in [-0.4, -0.2) is 25.1 Å². The van der Waals surface area contributed by atoms with Crippen LogP contribution >= 0.6 is 0 Å². The van der Waals surface area contributed by atoms with Gasteiger partial charge >= 0.3 is 0 Å². The standard InChI is InChI=1S/C34H25F2N3O4/c1-21-12-15-38(26-8-6-25(35)7-9-26)34(42)32(21)29(41)19-22-5-10-30(28(36)18-22)43-31-11-14-37-39-16-13-27(33(31)39)24-4-2-3-23(17-24)20-40/h2-18,40H,19-20H2,1H3. The van der Waals surface area contributed by atoms with Gasteiger partial charge in [-0.25, -0.2) is 13.3 Å². The molecule has 0 bridgehead atoms. The van der Waals surface area contributed by atoms with Crippen molar-refractivity contribution in [3.8, 4) is 28.3 Å². The quantitative estimate of drug-likeness (QED) is 0.210. The monoisotopic (exact) mass is 577 g/mol. The van der Waals surface area contributed by atoms with Gasteiger partial charge in [0.2, 0.25) is 0 Å². The zero-order chi connectivity index (χ0) is 30.1. The molecule has 0 saturated heterocycles. The molecule has 6 aromatic rings. The maximum Gasteiger partial charge on any atom is 0.266 e. The molecule has 6 rings (SSSR count). The summed E-state index contributed by atoms with van der Waals surface area (Å²) in [4.78, 5) is 26.5. The molecule has 0 spiro atoms. The number of hydrogen-bond acceptors (Lipinski definition) is 5. The number of fused-ring (bicyclic) bond motifs is 1. The molecule has 214 valence electrons. The van der Waals surface area contributed by atoms with Crippen LogP contribution in [0.2, 0.25) is 0 Å². The average Bonchev–Trinajstić information content (AvgIpc) is 3.45. The van der Waals surface area contributed by atoms with Crippen molar-refractivity contribution in [2.24, 2.45) is 0 Å². The highest BCUT2D eigenvalue weighted by atomic mass is 19.1. The Morgan fingerprint density at radius 1 is 0.907 bits per heavy atom. The summed E-state index contributed by atoms with van der Waals surface area (Å²) < 4.78 is 37.6. The number of pyridine rings is 1. The molecule has 43 heavy (non-hydrogen) atoms. The molecular weight excluding hydrogens is 552 g/mol. The van der Waals surface area contributed by atoms with Gasteiger partial charge in [0.25, 0.3) is 5.56 Å². The number of ketones is 1. The highest BCUT2D eigenvalue weighted by Gasteiger charge is 2.19. The van der Waals surface area contributed by atoms with Crippen molar-refractivity contribution >= 4 is 11.3 Å². The van der Waals surface area contributed by atoms with E-state index in [1.165, 1.54) is 47.2 Å². The van der Waals surface area contributed by atoms with Crippen LogP contribution in [0.15, 0.2) is 108 Å². The van der Waals surface area contributed by atoms with E-state index in [-0.39, 0.29) is 24.3 Å². The van der Waals surface area contributed by atoms with E-state index in [0.717, 1.165) is 16.7 Å². The van der Waals surface area contributed by atoms with Crippen LogP contribution in [0, 0.1) is 18.6 Å². The molecule has 3 aromatic heterocycles. The van der Waals surface area contributed by atoms with Gasteiger partial charge in [-0.15, -0.1) is 0 Å². The lowest BCUT2D eigenvalue weighted by atomic mass is 10.0. The molecule has 0 saturated carbocycles. The van der Waals surface area contributed by atoms with Crippen molar-refractivity contribution in [3.63, 3.8) is 0 Å². The Labute approximate surface area is 244 Å². The SMILES string of the molecule is Cc1ccn(-c2ccc(F)cc2)c(=O)c1C(=O)Cc1ccc(Oc2ccnn3ccc(-c4cccc(CO)c4)c23)c(F)c1. The first-order valence-corrected chi connectivity index (χ1v) is 13.5. The maximum atomic E-state index is 15.3. The summed E-state index contributed by atoms with van der Waals surface area (Å²) in [6.45, 7) is 1.56. The highest BCUT2D eigenvalue weighted by molar-refractivity contribution is 5.98. The molecule has 3 aromatic carbocycles. The normalized spacial score (nSPS) is 11.2. The number of Topliss-reactive ketones (excluding diaryl/α,β-unsaturated/α-hetero) is 1. The molecule has 0 radical (unpaired) electrons. The number of nitrogens with zero attached hydrogens (tertiary/aromatic N) is 3. The number of aryl methyl sites for hydroxylation is 1. The molecule has 0 unspecified atom stereocenters. The molecular formula is C34H25F2N3O4. The predicted molar refractivity (Wildman–Crippen MR) is 158 cm³/mol. The maximum absolute atomic E-state index is 15.3. The number of hydrogen-bond donors (Lipinski definition) is 1. The Balaban J connectivity index is 1.27. The lowest BCUT2D eigenvalue weighted by Crippen LogP contribution is -2.27. The van der Waals surface area contributed by atoms with Crippen molar-refractivity contribution in [3.05, 3.63) is 148 Å². The molecule has 0 aliphatic carbocycles. The van der Waals surface area contributed by atoms with Gasteiger partial charge in [-0.3, -0.25) is 14.2 Å². The second kappa shape index (κ2) is 11.5. The van der Waals surface area contributed by atoms with E-state index in [4.69, 9.17) is 4.74 Å². The fourth-order valence-corrected chi connectivity index (χ4v) is 5.07. The van der Waals surface area contributed by atoms with E-state index in [1.54, 1.807) is 42.0 Å². The molecule has 0 amide bonds. The van der Waals surface area contributed by atoms with Gasteiger partial charge in [0.15, 0.2) is 23.1 Å². The van der Waals surface area contributed by atoms with Gasteiger partial charge in [0.1, 0.15) is 11.3 Å². The minimum Gasteiger partial charge on any atom is -0.452 e. The lowest BCUT2D eigenvalue weighted by Gasteiger charge is -2.12. The third-order valence-electron chi connectivity index (χ3n) is 7.20. The Hall–Kier alpha value is -5.41. The summed E-state index contributed by atoms with van der Waals surface area (Å²) in [7, 11) is 0. The van der Waals surface area contributed by atoms with Crippen molar-refractivity contribution in [2.75, 3.05) is 0 Å². The molecule has 7 nitrogen and oxygen atoms in total. The van der Waals surface area contributed by atoms with E-state index < -0.39 is 23.0 Å². The smallest absolute Gasteiger partial charge is 0.266 e. The number of carbonyl (C=O) groups is 1. The number of rotatable bonds is 8. The van der Waals surface area contributed by atoms with Gasteiger partial charge in [0.05, 0.1) is 18.4 Å². The van der Waals surface area contributed by atoms with Crippen LogP contribution in [0.5, 0.6) is 11.5 Å². The average molecular weight is 578 g/mol. The minimum absolute atomic E-state index is 0.0160. The Morgan fingerprint density at radius 3 is 2.49 bits per heavy atom. The van der Waals surface area contributed by atoms with E-state index in [1.807, 2.05) is 30.3 Å². The first-order chi connectivity index (χ1) is 20.8. The molecule has 1 N–H and O–H groups in total. The van der Waals surface area contributed by atoms with E-state index in [2.05, 4.69) is 5.10 Å². The van der Waals surface area contributed by atoms with Gasteiger partial charge in [-0.1, -0.05) is 24.3 Å². The molecule has 0 aliphatic rings. The molecule has 3 heterocycles. The second-order valence-electron chi connectivity index (χ2n) is 10.1. The summed E-state index contributed by atoms with van der Waals surface area (Å²) in [6.07, 6.45) is 4.64. The summed E-state index contributed by atoms with van der Waals surface area (Å²) >= 11 is 0. The van der Waals surface area contributed by atoms with Crippen molar-refractivity contribution in [1.29, 1.82) is 0 Å². The van der Waals surface area contributed by atoms with Crippen LogP contribution in [0.3, 0.4) is 0 Å². The lowest BCUT2D eigenvalue weighted by molar-refractivity contribution is 0.0990. The summed E-state index contributed by atoms with van der Waals surface area (Å²) in [5.41, 5.74) is 3.74. The van der Waals surface area contributed by atoms with E-state index in [0.29, 0.717) is 28.1 Å². The fourth-order valence-electron chi connectivity index (χ4n) is 5.07. The third kappa shape index (κ3) is 5.45. The summed E-state index contributed by atoms with van der Waals surface area (Å²) in [6, 6.07) is 22.2. The van der Waals surface area contributed by atoms with Crippen molar-refractivity contribution in [1.82, 2.24) is 14.2 Å². The topological polar surface area (TPSA) is 85.8 Å². The molecule has 0 fully saturated rings. The minimum atomic E-state index is -0.677. The summed E-state index contributed by atoms with van der Waals surface area (Å²) in [5, 5.41) is 13.9. The van der Waals surface area contributed by atoms with Crippen molar-refractivity contribution in [2.45, 2.75) is 20.0 Å². The largest absolute Gasteiger partial charge is 0.452 e. The second-order valence-corrected chi connectivity index (χ2v) is 10.1. The van der Waals surface area contributed by atoms with Gasteiger partial charge in [-0.2, -0.15) is 5.10 Å². The zero-order valence-electron chi connectivity index (χ0n) is 23.0. The fraction of sp³-hybridized carbons (Fsp3) is 0.0882. The van der Waals surface area contributed by atoms with Crippen LogP contribution in [0.1, 0.15) is 27.0 Å². The van der Waals surface area contributed by atoms with E-state index in [9.17, 15) is 19.1 Å². The van der Waals surface area contributed by atoms with Crippen molar-refractivity contribution < 1.29 is 23.4 Å². The first-order valence-electron chi connectivity index (χ1n) is 13.5. The van der Waals surface area contributed by atoms with Crippen LogP contribution < -0.4 is 10.3 Å². The molecule has 0 atom stereocenters. The first kappa shape index (κ1) is 27.7.